The van der Waals surface area contributed by atoms with E-state index in [2.05, 4.69) is 6.92 Å². The Balaban J connectivity index is 1.89. The van der Waals surface area contributed by atoms with Crippen molar-refractivity contribution in [1.82, 2.24) is 4.90 Å². The lowest BCUT2D eigenvalue weighted by atomic mass is 9.98. The molecule has 0 atom stereocenters. The number of rotatable bonds is 5. The summed E-state index contributed by atoms with van der Waals surface area (Å²) in [6.45, 7) is 5.52. The maximum Gasteiger partial charge on any atom is 0.264 e. The standard InChI is InChI=1S/C22H28N2O4S/c1-16-11-13-24(14-12-16)22(25)18-6-5-17(2)21(15-18)23(3)29(26,27)20-9-7-19(28-4)8-10-20/h5-10,15-16H,11-14H2,1-4H3. The number of methoxy groups -OCH3 is 1. The van der Waals surface area contributed by atoms with Gasteiger partial charge in [-0.1, -0.05) is 13.0 Å². The third-order valence-electron chi connectivity index (χ3n) is 5.58. The first-order valence-electron chi connectivity index (χ1n) is 9.77. The molecule has 0 aliphatic carbocycles. The molecular formula is C22H28N2O4S. The number of carbonyl (C=O) groups is 1. The number of benzene rings is 2. The van der Waals surface area contributed by atoms with E-state index in [0.29, 0.717) is 22.9 Å². The molecule has 2 aromatic carbocycles. The first kappa shape index (κ1) is 21.2. The fourth-order valence-electron chi connectivity index (χ4n) is 3.51. The average molecular weight is 417 g/mol. The van der Waals surface area contributed by atoms with Gasteiger partial charge in [0.25, 0.3) is 15.9 Å². The van der Waals surface area contributed by atoms with E-state index in [0.717, 1.165) is 31.5 Å². The number of sulfonamides is 1. The molecule has 1 aliphatic rings. The van der Waals surface area contributed by atoms with Crippen molar-refractivity contribution < 1.29 is 17.9 Å². The van der Waals surface area contributed by atoms with E-state index >= 15 is 0 Å². The maximum absolute atomic E-state index is 13.1. The van der Waals surface area contributed by atoms with Crippen molar-refractivity contribution in [3.8, 4) is 5.75 Å². The van der Waals surface area contributed by atoms with Crippen molar-refractivity contribution in [3.63, 3.8) is 0 Å². The van der Waals surface area contributed by atoms with Crippen LogP contribution in [-0.2, 0) is 10.0 Å². The highest BCUT2D eigenvalue weighted by Gasteiger charge is 2.25. The van der Waals surface area contributed by atoms with E-state index in [1.54, 1.807) is 30.3 Å². The van der Waals surface area contributed by atoms with Crippen LogP contribution in [0.5, 0.6) is 5.75 Å². The molecule has 0 radical (unpaired) electrons. The van der Waals surface area contributed by atoms with Crippen molar-refractivity contribution in [1.29, 1.82) is 0 Å². The summed E-state index contributed by atoms with van der Waals surface area (Å²) >= 11 is 0. The topological polar surface area (TPSA) is 66.9 Å². The van der Waals surface area contributed by atoms with Crippen LogP contribution in [0.3, 0.4) is 0 Å². The van der Waals surface area contributed by atoms with Crippen LogP contribution in [0.4, 0.5) is 5.69 Å². The molecular weight excluding hydrogens is 388 g/mol. The van der Waals surface area contributed by atoms with Gasteiger partial charge in [0, 0.05) is 25.7 Å². The molecule has 2 aromatic rings. The van der Waals surface area contributed by atoms with E-state index in [4.69, 9.17) is 4.74 Å². The summed E-state index contributed by atoms with van der Waals surface area (Å²) in [5, 5.41) is 0. The zero-order valence-corrected chi connectivity index (χ0v) is 18.2. The van der Waals surface area contributed by atoms with Gasteiger partial charge in [-0.05, 0) is 67.6 Å². The van der Waals surface area contributed by atoms with Gasteiger partial charge in [0.05, 0.1) is 17.7 Å². The first-order chi connectivity index (χ1) is 13.7. The van der Waals surface area contributed by atoms with E-state index in [-0.39, 0.29) is 10.8 Å². The molecule has 0 N–H and O–H groups in total. The van der Waals surface area contributed by atoms with Crippen molar-refractivity contribution >= 4 is 21.6 Å². The van der Waals surface area contributed by atoms with Crippen LogP contribution in [-0.4, -0.2) is 46.5 Å². The normalized spacial score (nSPS) is 15.2. The number of anilines is 1. The smallest absolute Gasteiger partial charge is 0.264 e. The van der Waals surface area contributed by atoms with Crippen LogP contribution < -0.4 is 9.04 Å². The van der Waals surface area contributed by atoms with Gasteiger partial charge in [0.1, 0.15) is 5.75 Å². The summed E-state index contributed by atoms with van der Waals surface area (Å²) in [6, 6.07) is 11.5. The van der Waals surface area contributed by atoms with Gasteiger partial charge in [0.2, 0.25) is 0 Å². The third kappa shape index (κ3) is 4.40. The summed E-state index contributed by atoms with van der Waals surface area (Å²) in [5.41, 5.74) is 1.79. The second-order valence-electron chi connectivity index (χ2n) is 7.62. The molecule has 6 nitrogen and oxygen atoms in total. The highest BCUT2D eigenvalue weighted by molar-refractivity contribution is 7.92. The summed E-state index contributed by atoms with van der Waals surface area (Å²) in [5.74, 6) is 1.17. The summed E-state index contributed by atoms with van der Waals surface area (Å²) in [6.07, 6.45) is 1.99. The fourth-order valence-corrected chi connectivity index (χ4v) is 4.76. The summed E-state index contributed by atoms with van der Waals surface area (Å²) in [7, 11) is -0.716. The van der Waals surface area contributed by atoms with Crippen molar-refractivity contribution in [3.05, 3.63) is 53.6 Å². The Hall–Kier alpha value is -2.54. The van der Waals surface area contributed by atoms with Crippen LogP contribution in [0, 0.1) is 12.8 Å². The SMILES string of the molecule is COc1ccc(S(=O)(=O)N(C)c2cc(C(=O)N3CCC(C)CC3)ccc2C)cc1. The minimum absolute atomic E-state index is 0.0478. The number of amides is 1. The van der Waals surface area contributed by atoms with Crippen LogP contribution >= 0.6 is 0 Å². The Morgan fingerprint density at radius 3 is 2.31 bits per heavy atom. The van der Waals surface area contributed by atoms with Crippen LogP contribution in [0.15, 0.2) is 47.4 Å². The quantitative estimate of drug-likeness (QED) is 0.745. The van der Waals surface area contributed by atoms with Crippen LogP contribution in [0.25, 0.3) is 0 Å². The molecule has 0 aromatic heterocycles. The van der Waals surface area contributed by atoms with Gasteiger partial charge in [-0.2, -0.15) is 0 Å². The number of aryl methyl sites for hydroxylation is 1. The highest BCUT2D eigenvalue weighted by Crippen LogP contribution is 2.28. The molecule has 0 unspecified atom stereocenters. The van der Waals surface area contributed by atoms with Gasteiger partial charge in [-0.15, -0.1) is 0 Å². The van der Waals surface area contributed by atoms with Gasteiger partial charge < -0.3 is 9.64 Å². The number of hydrogen-bond donors (Lipinski definition) is 0. The number of piperidine rings is 1. The van der Waals surface area contributed by atoms with E-state index in [1.165, 1.54) is 30.6 Å². The Kier molecular flexibility index (Phi) is 6.17. The highest BCUT2D eigenvalue weighted by atomic mass is 32.2. The lowest BCUT2D eigenvalue weighted by Gasteiger charge is -2.30. The van der Waals surface area contributed by atoms with Crippen LogP contribution in [0.2, 0.25) is 0 Å². The zero-order chi connectivity index (χ0) is 21.2. The number of hydrogen-bond acceptors (Lipinski definition) is 4. The Morgan fingerprint density at radius 2 is 1.72 bits per heavy atom. The molecule has 0 saturated carbocycles. The van der Waals surface area contributed by atoms with E-state index in [1.807, 2.05) is 11.8 Å². The molecule has 1 amide bonds. The molecule has 29 heavy (non-hydrogen) atoms. The first-order valence-corrected chi connectivity index (χ1v) is 11.2. The van der Waals surface area contributed by atoms with E-state index < -0.39 is 10.0 Å². The molecule has 1 heterocycles. The lowest BCUT2D eigenvalue weighted by molar-refractivity contribution is 0.0697. The molecule has 0 bridgehead atoms. The monoisotopic (exact) mass is 416 g/mol. The Morgan fingerprint density at radius 1 is 1.10 bits per heavy atom. The second-order valence-corrected chi connectivity index (χ2v) is 9.59. The molecule has 156 valence electrons. The van der Waals surface area contributed by atoms with Gasteiger partial charge >= 0.3 is 0 Å². The molecule has 1 saturated heterocycles. The predicted molar refractivity (Wildman–Crippen MR) is 114 cm³/mol. The lowest BCUT2D eigenvalue weighted by Crippen LogP contribution is -2.38. The number of ether oxygens (including phenoxy) is 1. The fraction of sp³-hybridized carbons (Fsp3) is 0.409. The Bertz CT molecular complexity index is 978. The minimum atomic E-state index is -3.76. The molecule has 3 rings (SSSR count). The van der Waals surface area contributed by atoms with E-state index in [9.17, 15) is 13.2 Å². The predicted octanol–water partition coefficient (Wildman–Crippen LogP) is 3.70. The minimum Gasteiger partial charge on any atom is -0.497 e. The van der Waals surface area contributed by atoms with Crippen molar-refractivity contribution in [2.75, 3.05) is 31.6 Å². The van der Waals surface area contributed by atoms with Crippen molar-refractivity contribution in [2.24, 2.45) is 5.92 Å². The number of nitrogens with zero attached hydrogens (tertiary/aromatic N) is 2. The number of likely N-dealkylation sites (tertiary alicyclic amines) is 1. The van der Waals surface area contributed by atoms with Gasteiger partial charge in [0.15, 0.2) is 0 Å². The number of carbonyl (C=O) groups excluding carboxylic acids is 1. The van der Waals surface area contributed by atoms with Crippen molar-refractivity contribution in [2.45, 2.75) is 31.6 Å². The van der Waals surface area contributed by atoms with Crippen LogP contribution in [0.1, 0.15) is 35.7 Å². The zero-order valence-electron chi connectivity index (χ0n) is 17.4. The molecule has 1 aliphatic heterocycles. The Labute approximate surface area is 173 Å². The average Bonchev–Trinajstić information content (AvgIpc) is 2.73. The van der Waals surface area contributed by atoms with Gasteiger partial charge in [-0.3, -0.25) is 9.10 Å². The molecule has 7 heteroatoms. The summed E-state index contributed by atoms with van der Waals surface area (Å²) < 4.78 is 32.5. The maximum atomic E-state index is 13.1. The van der Waals surface area contributed by atoms with Gasteiger partial charge in [-0.25, -0.2) is 8.42 Å². The third-order valence-corrected chi connectivity index (χ3v) is 7.37. The molecule has 0 spiro atoms. The largest absolute Gasteiger partial charge is 0.497 e. The second kappa shape index (κ2) is 8.45. The summed E-state index contributed by atoms with van der Waals surface area (Å²) in [4.78, 5) is 14.9. The molecule has 1 fully saturated rings.